The zero-order valence-corrected chi connectivity index (χ0v) is 22.5. The number of alkyl carbamates (subject to hydrolysis) is 1. The number of aryl methyl sites for hydroxylation is 1. The van der Waals surface area contributed by atoms with Crippen molar-refractivity contribution in [1.29, 1.82) is 0 Å². The Morgan fingerprint density at radius 2 is 1.61 bits per heavy atom. The number of unbranched alkanes of at least 4 members (excludes halogenated alkanes) is 1. The zero-order chi connectivity index (χ0) is 27.3. The number of aromatic nitrogens is 1. The number of nitrogens with one attached hydrogen (secondary N) is 1. The zero-order valence-electron chi connectivity index (χ0n) is 22.5. The Bertz CT molecular complexity index is 1380. The van der Waals surface area contributed by atoms with Gasteiger partial charge in [0.1, 0.15) is 22.8 Å². The van der Waals surface area contributed by atoms with Crippen LogP contribution in [0, 0.1) is 6.92 Å². The van der Waals surface area contributed by atoms with Gasteiger partial charge in [-0.3, -0.25) is 0 Å². The van der Waals surface area contributed by atoms with Crippen molar-refractivity contribution in [3.8, 4) is 28.5 Å². The summed E-state index contributed by atoms with van der Waals surface area (Å²) in [7, 11) is 0. The van der Waals surface area contributed by atoms with E-state index in [0.29, 0.717) is 19.7 Å². The maximum absolute atomic E-state index is 11.7. The molecule has 200 valence electrons. The van der Waals surface area contributed by atoms with Crippen molar-refractivity contribution in [2.24, 2.45) is 0 Å². The molecular weight excluding hydrogens is 480 g/mol. The SMILES string of the molecule is Cc1c(-c2ccc(O)cc2)n(Cc2ccc(OCCCCNC(=O)OC(C)(C)C)cc2)c2ccc(O)cc12. The summed E-state index contributed by atoms with van der Waals surface area (Å²) in [6.07, 6.45) is 1.21. The largest absolute Gasteiger partial charge is 0.508 e. The van der Waals surface area contributed by atoms with E-state index in [-0.39, 0.29) is 11.5 Å². The number of ether oxygens (including phenoxy) is 2. The maximum Gasteiger partial charge on any atom is 0.407 e. The molecule has 0 aliphatic rings. The highest BCUT2D eigenvalue weighted by Gasteiger charge is 2.17. The molecule has 38 heavy (non-hydrogen) atoms. The van der Waals surface area contributed by atoms with Crippen LogP contribution in [0.25, 0.3) is 22.2 Å². The molecule has 0 bridgehead atoms. The van der Waals surface area contributed by atoms with Gasteiger partial charge >= 0.3 is 6.09 Å². The monoisotopic (exact) mass is 516 g/mol. The molecule has 0 saturated heterocycles. The molecule has 1 aromatic heterocycles. The minimum absolute atomic E-state index is 0.224. The average molecular weight is 517 g/mol. The molecule has 3 N–H and O–H groups in total. The van der Waals surface area contributed by atoms with Crippen LogP contribution in [-0.4, -0.2) is 39.6 Å². The molecule has 0 spiro atoms. The second-order valence-corrected chi connectivity index (χ2v) is 10.4. The van der Waals surface area contributed by atoms with Crippen molar-refractivity contribution < 1.29 is 24.5 Å². The molecule has 0 aliphatic carbocycles. The summed E-state index contributed by atoms with van der Waals surface area (Å²) >= 11 is 0. The number of carbonyl (C=O) groups is 1. The Hall–Kier alpha value is -4.13. The highest BCUT2D eigenvalue weighted by molar-refractivity contribution is 5.92. The topological polar surface area (TPSA) is 93.0 Å². The number of rotatable bonds is 9. The van der Waals surface area contributed by atoms with Crippen LogP contribution in [0.5, 0.6) is 17.2 Å². The van der Waals surface area contributed by atoms with Gasteiger partial charge in [-0.1, -0.05) is 12.1 Å². The van der Waals surface area contributed by atoms with E-state index in [0.717, 1.165) is 51.9 Å². The van der Waals surface area contributed by atoms with Crippen molar-refractivity contribution >= 4 is 17.0 Å². The summed E-state index contributed by atoms with van der Waals surface area (Å²) < 4.78 is 13.4. The van der Waals surface area contributed by atoms with Crippen molar-refractivity contribution in [1.82, 2.24) is 9.88 Å². The summed E-state index contributed by atoms with van der Waals surface area (Å²) in [5, 5.41) is 23.6. The first-order chi connectivity index (χ1) is 18.1. The van der Waals surface area contributed by atoms with Crippen LogP contribution in [0.3, 0.4) is 0 Å². The normalized spacial score (nSPS) is 11.5. The Labute approximate surface area is 223 Å². The number of nitrogens with zero attached hydrogens (tertiary/aromatic N) is 1. The predicted molar refractivity (Wildman–Crippen MR) is 150 cm³/mol. The van der Waals surface area contributed by atoms with Crippen LogP contribution in [-0.2, 0) is 11.3 Å². The minimum Gasteiger partial charge on any atom is -0.508 e. The van der Waals surface area contributed by atoms with E-state index in [1.54, 1.807) is 24.3 Å². The molecule has 7 nitrogen and oxygen atoms in total. The second kappa shape index (κ2) is 11.5. The lowest BCUT2D eigenvalue weighted by atomic mass is 10.1. The van der Waals surface area contributed by atoms with Crippen LogP contribution in [0.15, 0.2) is 66.7 Å². The van der Waals surface area contributed by atoms with E-state index in [9.17, 15) is 15.0 Å². The van der Waals surface area contributed by atoms with Crippen LogP contribution in [0.1, 0.15) is 44.7 Å². The number of amides is 1. The van der Waals surface area contributed by atoms with Crippen LogP contribution in [0.2, 0.25) is 0 Å². The number of hydrogen-bond donors (Lipinski definition) is 3. The lowest BCUT2D eigenvalue weighted by molar-refractivity contribution is 0.0526. The molecule has 7 heteroatoms. The number of carbonyl (C=O) groups excluding carboxylic acids is 1. The van der Waals surface area contributed by atoms with Gasteiger partial charge in [-0.2, -0.15) is 0 Å². The quantitative estimate of drug-likeness (QED) is 0.214. The van der Waals surface area contributed by atoms with Gasteiger partial charge in [0, 0.05) is 24.0 Å². The molecule has 1 heterocycles. The molecule has 0 saturated carbocycles. The number of fused-ring (bicyclic) bond motifs is 1. The first-order valence-electron chi connectivity index (χ1n) is 12.9. The minimum atomic E-state index is -0.497. The van der Waals surface area contributed by atoms with E-state index >= 15 is 0 Å². The van der Waals surface area contributed by atoms with Gasteiger partial charge in [0.05, 0.1) is 12.3 Å². The molecule has 0 atom stereocenters. The molecule has 4 aromatic rings. The number of aromatic hydroxyl groups is 2. The third-order valence-electron chi connectivity index (χ3n) is 6.21. The smallest absolute Gasteiger partial charge is 0.407 e. The van der Waals surface area contributed by atoms with E-state index in [2.05, 4.69) is 28.9 Å². The fraction of sp³-hybridized carbons (Fsp3) is 0.323. The summed E-state index contributed by atoms with van der Waals surface area (Å²) in [6.45, 7) is 9.33. The van der Waals surface area contributed by atoms with Crippen molar-refractivity contribution in [2.45, 2.75) is 52.7 Å². The average Bonchev–Trinajstić information content (AvgIpc) is 3.12. The number of hydrogen-bond acceptors (Lipinski definition) is 5. The lowest BCUT2D eigenvalue weighted by Gasteiger charge is -2.19. The number of phenolic OH excluding ortho intramolecular Hbond substituents is 2. The molecule has 0 radical (unpaired) electrons. The molecule has 0 aliphatic heterocycles. The van der Waals surface area contributed by atoms with Gasteiger partial charge in [-0.15, -0.1) is 0 Å². The van der Waals surface area contributed by atoms with Gasteiger partial charge in [-0.05, 0) is 112 Å². The Kier molecular flexibility index (Phi) is 8.15. The lowest BCUT2D eigenvalue weighted by Crippen LogP contribution is -2.33. The number of phenols is 2. The van der Waals surface area contributed by atoms with Gasteiger partial charge in [0.15, 0.2) is 0 Å². The second-order valence-electron chi connectivity index (χ2n) is 10.4. The van der Waals surface area contributed by atoms with E-state index < -0.39 is 11.7 Å². The van der Waals surface area contributed by atoms with Crippen molar-refractivity contribution in [3.05, 3.63) is 77.9 Å². The third-order valence-corrected chi connectivity index (χ3v) is 6.21. The third kappa shape index (κ3) is 6.79. The van der Waals surface area contributed by atoms with Crippen molar-refractivity contribution in [3.63, 3.8) is 0 Å². The fourth-order valence-corrected chi connectivity index (χ4v) is 4.46. The predicted octanol–water partition coefficient (Wildman–Crippen LogP) is 6.76. The highest BCUT2D eigenvalue weighted by atomic mass is 16.6. The Morgan fingerprint density at radius 3 is 2.29 bits per heavy atom. The Balaban J connectivity index is 1.39. The Morgan fingerprint density at radius 1 is 0.921 bits per heavy atom. The van der Waals surface area contributed by atoms with Gasteiger partial charge in [-0.25, -0.2) is 4.79 Å². The van der Waals surface area contributed by atoms with Gasteiger partial charge in [0.2, 0.25) is 0 Å². The van der Waals surface area contributed by atoms with Gasteiger partial charge in [0.25, 0.3) is 0 Å². The molecule has 3 aromatic carbocycles. The highest BCUT2D eigenvalue weighted by Crippen LogP contribution is 2.36. The standard InChI is InChI=1S/C31H36N2O5/c1-21-27-19-25(35)13-16-28(27)33(29(21)23-9-11-24(34)12-10-23)20-22-7-14-26(15-8-22)37-18-6-5-17-32-30(36)38-31(2,3)4/h7-16,19,34-35H,5-6,17-18,20H2,1-4H3,(H,32,36). The molecule has 0 unspecified atom stereocenters. The summed E-state index contributed by atoms with van der Waals surface area (Å²) in [5.74, 6) is 1.25. The van der Waals surface area contributed by atoms with E-state index in [1.807, 2.05) is 51.1 Å². The van der Waals surface area contributed by atoms with Crippen LogP contribution >= 0.6 is 0 Å². The van der Waals surface area contributed by atoms with E-state index in [4.69, 9.17) is 9.47 Å². The molecule has 1 amide bonds. The van der Waals surface area contributed by atoms with E-state index in [1.165, 1.54) is 0 Å². The molecular formula is C31H36N2O5. The summed E-state index contributed by atoms with van der Waals surface area (Å²) in [6, 6.07) is 20.7. The summed E-state index contributed by atoms with van der Waals surface area (Å²) in [4.78, 5) is 11.7. The van der Waals surface area contributed by atoms with Gasteiger partial charge < -0.3 is 29.6 Å². The first-order valence-corrected chi connectivity index (χ1v) is 12.9. The molecule has 4 rings (SSSR count). The van der Waals surface area contributed by atoms with Crippen LogP contribution in [0.4, 0.5) is 4.79 Å². The molecule has 0 fully saturated rings. The van der Waals surface area contributed by atoms with Crippen LogP contribution < -0.4 is 10.1 Å². The summed E-state index contributed by atoms with van der Waals surface area (Å²) in [5.41, 5.74) is 4.77. The first kappa shape index (κ1) is 26.9. The maximum atomic E-state index is 11.7. The number of benzene rings is 3. The van der Waals surface area contributed by atoms with Crippen molar-refractivity contribution in [2.75, 3.05) is 13.2 Å². The fourth-order valence-electron chi connectivity index (χ4n) is 4.46.